The monoisotopic (exact) mass is 446 g/mol. The van der Waals surface area contributed by atoms with Crippen LogP contribution in [0.5, 0.6) is 0 Å². The Balaban J connectivity index is 1.93. The Bertz CT molecular complexity index is 1390. The van der Waals surface area contributed by atoms with Gasteiger partial charge in [0, 0.05) is 22.1 Å². The van der Waals surface area contributed by atoms with E-state index in [2.05, 4.69) is 41.5 Å². The van der Waals surface area contributed by atoms with E-state index in [0.29, 0.717) is 11.3 Å². The number of nitrogens with zero attached hydrogens (tertiary/aromatic N) is 3. The molecule has 7 heteroatoms. The molecule has 0 unspecified atom stereocenters. The molecule has 2 heterocycles. The minimum Gasteiger partial charge on any atom is -0.247 e. The fourth-order valence-corrected chi connectivity index (χ4v) is 4.55. The van der Waals surface area contributed by atoms with Gasteiger partial charge in [0.2, 0.25) is 5.95 Å². The topological polar surface area (TPSA) is 84.8 Å². The lowest BCUT2D eigenvalue weighted by Gasteiger charge is -2.18. The van der Waals surface area contributed by atoms with Crippen molar-refractivity contribution in [2.24, 2.45) is 0 Å². The molecule has 32 heavy (non-hydrogen) atoms. The smallest absolute Gasteiger partial charge is 0.247 e. The molecule has 0 bridgehead atoms. The summed E-state index contributed by atoms with van der Waals surface area (Å²) in [5.41, 5.74) is 4.86. The van der Waals surface area contributed by atoms with Crippen LogP contribution >= 0.6 is 0 Å². The van der Waals surface area contributed by atoms with Gasteiger partial charge in [0.05, 0.1) is 10.6 Å². The molecule has 6 nitrogen and oxygen atoms in total. The summed E-state index contributed by atoms with van der Waals surface area (Å²) in [4.78, 5) is 14.0. The lowest BCUT2D eigenvalue weighted by Crippen LogP contribution is -2.16. The zero-order valence-electron chi connectivity index (χ0n) is 18.8. The van der Waals surface area contributed by atoms with Crippen LogP contribution in [0.2, 0.25) is 0 Å². The average Bonchev–Trinajstić information content (AvgIpc) is 2.71. The summed E-state index contributed by atoms with van der Waals surface area (Å²) in [6.45, 7) is 10.3. The van der Waals surface area contributed by atoms with Gasteiger partial charge in [-0.25, -0.2) is 23.1 Å². The van der Waals surface area contributed by atoms with Gasteiger partial charge in [0.25, 0.3) is 10.0 Å². The molecule has 0 saturated carbocycles. The molecule has 0 aliphatic rings. The van der Waals surface area contributed by atoms with E-state index in [0.717, 1.165) is 27.8 Å². The normalized spacial score (nSPS) is 12.2. The van der Waals surface area contributed by atoms with Crippen molar-refractivity contribution in [2.75, 3.05) is 4.72 Å². The van der Waals surface area contributed by atoms with Crippen LogP contribution in [-0.2, 0) is 15.4 Å². The fourth-order valence-electron chi connectivity index (χ4n) is 3.58. The summed E-state index contributed by atoms with van der Waals surface area (Å²) in [7, 11) is -3.84. The molecular weight excluding hydrogens is 420 g/mol. The first-order valence-corrected chi connectivity index (χ1v) is 11.9. The Labute approximate surface area is 188 Å². The first-order valence-electron chi connectivity index (χ1n) is 10.4. The Hall–Kier alpha value is -3.32. The molecule has 4 rings (SSSR count). The molecule has 0 radical (unpaired) electrons. The lowest BCUT2D eigenvalue weighted by molar-refractivity contribution is 0.571. The maximum atomic E-state index is 12.9. The number of hydrogen-bond donors (Lipinski definition) is 1. The molecule has 4 aromatic rings. The predicted octanol–water partition coefficient (Wildman–Crippen LogP) is 5.41. The molecular formula is C25H26N4O2S. The quantitative estimate of drug-likeness (QED) is 0.453. The summed E-state index contributed by atoms with van der Waals surface area (Å²) in [5.74, 6) is -0.00549. The third-order valence-electron chi connectivity index (χ3n) is 5.10. The highest BCUT2D eigenvalue weighted by Gasteiger charge is 2.21. The van der Waals surface area contributed by atoms with Gasteiger partial charge in [-0.05, 0) is 50.2 Å². The van der Waals surface area contributed by atoms with Gasteiger partial charge in [0.15, 0.2) is 5.65 Å². The van der Waals surface area contributed by atoms with Gasteiger partial charge in [0.1, 0.15) is 0 Å². The van der Waals surface area contributed by atoms with Crippen molar-refractivity contribution in [1.82, 2.24) is 15.0 Å². The maximum Gasteiger partial charge on any atom is 0.264 e. The SMILES string of the molecule is Cc1cc(C)cc(-c2nc(NS(=O)(=O)c3ccccc3)nc3nc(C(C)(C)C)ccc23)c1. The number of fused-ring (bicyclic) bond motifs is 1. The van der Waals surface area contributed by atoms with Crippen molar-refractivity contribution in [2.45, 2.75) is 44.9 Å². The third-order valence-corrected chi connectivity index (χ3v) is 6.45. The second kappa shape index (κ2) is 7.98. The van der Waals surface area contributed by atoms with E-state index >= 15 is 0 Å². The van der Waals surface area contributed by atoms with Crippen LogP contribution in [0.4, 0.5) is 5.95 Å². The molecule has 0 atom stereocenters. The van der Waals surface area contributed by atoms with Crippen LogP contribution in [0.15, 0.2) is 65.6 Å². The van der Waals surface area contributed by atoms with Crippen molar-refractivity contribution in [1.29, 1.82) is 0 Å². The molecule has 0 fully saturated rings. The summed E-state index contributed by atoms with van der Waals surface area (Å²) in [6, 6.07) is 18.3. The maximum absolute atomic E-state index is 12.9. The van der Waals surface area contributed by atoms with E-state index in [-0.39, 0.29) is 16.3 Å². The standard InChI is InChI=1S/C25H26N4O2S/c1-16-13-17(2)15-18(14-16)22-20-11-12-21(25(3,4)5)26-23(20)28-24(27-22)29-32(30,31)19-9-7-6-8-10-19/h6-15H,1-5H3,(H,26,27,28,29). The highest BCUT2D eigenvalue weighted by molar-refractivity contribution is 7.92. The number of nitrogens with one attached hydrogen (secondary N) is 1. The van der Waals surface area contributed by atoms with Crippen LogP contribution in [0, 0.1) is 13.8 Å². The molecule has 1 N–H and O–H groups in total. The minimum absolute atomic E-state index is 0.00549. The van der Waals surface area contributed by atoms with Crippen molar-refractivity contribution in [3.05, 3.63) is 77.5 Å². The van der Waals surface area contributed by atoms with Crippen LogP contribution in [0.1, 0.15) is 37.6 Å². The minimum atomic E-state index is -3.84. The van der Waals surface area contributed by atoms with Gasteiger partial charge in [-0.15, -0.1) is 0 Å². The number of pyridine rings is 1. The summed E-state index contributed by atoms with van der Waals surface area (Å²) in [6.07, 6.45) is 0. The van der Waals surface area contributed by atoms with Gasteiger partial charge < -0.3 is 0 Å². The molecule has 2 aromatic heterocycles. The zero-order valence-corrected chi connectivity index (χ0v) is 19.7. The highest BCUT2D eigenvalue weighted by Crippen LogP contribution is 2.31. The van der Waals surface area contributed by atoms with E-state index in [4.69, 9.17) is 4.98 Å². The average molecular weight is 447 g/mol. The fraction of sp³-hybridized carbons (Fsp3) is 0.240. The number of aromatic nitrogens is 3. The van der Waals surface area contributed by atoms with Crippen LogP contribution in [0.25, 0.3) is 22.3 Å². The molecule has 0 aliphatic carbocycles. The van der Waals surface area contributed by atoms with Crippen molar-refractivity contribution in [3.8, 4) is 11.3 Å². The molecule has 0 amide bonds. The Kier molecular flexibility index (Phi) is 5.46. The largest absolute Gasteiger partial charge is 0.264 e. The number of anilines is 1. The Morgan fingerprint density at radius 1 is 0.812 bits per heavy atom. The van der Waals surface area contributed by atoms with Crippen LogP contribution < -0.4 is 4.72 Å². The van der Waals surface area contributed by atoms with E-state index in [1.807, 2.05) is 38.1 Å². The molecule has 0 spiro atoms. The third kappa shape index (κ3) is 4.48. The predicted molar refractivity (Wildman–Crippen MR) is 128 cm³/mol. The van der Waals surface area contributed by atoms with Crippen molar-refractivity contribution < 1.29 is 8.42 Å². The van der Waals surface area contributed by atoms with Crippen molar-refractivity contribution in [3.63, 3.8) is 0 Å². The number of benzene rings is 2. The van der Waals surface area contributed by atoms with Gasteiger partial charge in [-0.1, -0.05) is 56.2 Å². The molecule has 164 valence electrons. The molecule has 0 aliphatic heterocycles. The second-order valence-corrected chi connectivity index (χ2v) is 10.7. The van der Waals surface area contributed by atoms with Crippen LogP contribution in [-0.4, -0.2) is 23.4 Å². The van der Waals surface area contributed by atoms with E-state index < -0.39 is 10.0 Å². The highest BCUT2D eigenvalue weighted by atomic mass is 32.2. The number of rotatable bonds is 4. The van der Waals surface area contributed by atoms with Gasteiger partial charge >= 0.3 is 0 Å². The van der Waals surface area contributed by atoms with Crippen molar-refractivity contribution >= 4 is 27.0 Å². The second-order valence-electron chi connectivity index (χ2n) is 9.01. The van der Waals surface area contributed by atoms with E-state index in [1.165, 1.54) is 12.1 Å². The Morgan fingerprint density at radius 2 is 1.47 bits per heavy atom. The van der Waals surface area contributed by atoms with Gasteiger partial charge in [-0.3, -0.25) is 0 Å². The summed E-state index contributed by atoms with van der Waals surface area (Å²) >= 11 is 0. The number of hydrogen-bond acceptors (Lipinski definition) is 5. The first-order chi connectivity index (χ1) is 15.0. The van der Waals surface area contributed by atoms with Crippen LogP contribution in [0.3, 0.4) is 0 Å². The van der Waals surface area contributed by atoms with E-state index in [1.54, 1.807) is 18.2 Å². The molecule has 2 aromatic carbocycles. The zero-order chi connectivity index (χ0) is 23.1. The lowest BCUT2D eigenvalue weighted by atomic mass is 9.91. The molecule has 0 saturated heterocycles. The number of aryl methyl sites for hydroxylation is 2. The number of sulfonamides is 1. The van der Waals surface area contributed by atoms with E-state index in [9.17, 15) is 8.42 Å². The summed E-state index contributed by atoms with van der Waals surface area (Å²) in [5, 5.41) is 0.769. The summed E-state index contributed by atoms with van der Waals surface area (Å²) < 4.78 is 28.4. The first kappa shape index (κ1) is 21.9. The Morgan fingerprint density at radius 3 is 2.09 bits per heavy atom. The van der Waals surface area contributed by atoms with Gasteiger partial charge in [-0.2, -0.15) is 4.98 Å².